The summed E-state index contributed by atoms with van der Waals surface area (Å²) in [6, 6.07) is 7.53. The summed E-state index contributed by atoms with van der Waals surface area (Å²) in [6.07, 6.45) is 0. The Morgan fingerprint density at radius 3 is 2.61 bits per heavy atom. The van der Waals surface area contributed by atoms with Gasteiger partial charge >= 0.3 is 0 Å². The number of nitrogen functional groups attached to an aromatic ring is 1. The smallest absolute Gasteiger partial charge is 0.238 e. The largest absolute Gasteiger partial charge is 0.383 e. The van der Waals surface area contributed by atoms with Gasteiger partial charge in [-0.1, -0.05) is 11.8 Å². The molecule has 2 aromatic heterocycles. The fraction of sp³-hybridized carbons (Fsp3) is 0.300. The van der Waals surface area contributed by atoms with E-state index in [4.69, 9.17) is 5.73 Å². The highest BCUT2D eigenvalue weighted by Gasteiger charge is 2.23. The van der Waals surface area contributed by atoms with E-state index in [1.807, 2.05) is 16.3 Å². The third-order valence-electron chi connectivity index (χ3n) is 4.88. The van der Waals surface area contributed by atoms with Crippen LogP contribution in [0.15, 0.2) is 40.9 Å². The van der Waals surface area contributed by atoms with E-state index in [-0.39, 0.29) is 29.9 Å². The van der Waals surface area contributed by atoms with Gasteiger partial charge < -0.3 is 16.0 Å². The van der Waals surface area contributed by atoms with Gasteiger partial charge in [0.2, 0.25) is 11.8 Å². The number of nitrogens with two attached hydrogens (primary N) is 1. The number of thiophene rings is 1. The number of rotatable bonds is 6. The number of aromatic nitrogens is 2. The zero-order valence-corrected chi connectivity index (χ0v) is 18.2. The van der Waals surface area contributed by atoms with Crippen LogP contribution in [0.5, 0.6) is 0 Å². The van der Waals surface area contributed by atoms with E-state index >= 15 is 0 Å². The lowest BCUT2D eigenvalue weighted by atomic mass is 10.3. The quantitative estimate of drug-likeness (QED) is 0.430. The summed E-state index contributed by atoms with van der Waals surface area (Å²) in [4.78, 5) is 38.0. The van der Waals surface area contributed by atoms with Gasteiger partial charge in [-0.3, -0.25) is 14.5 Å². The Bertz CT molecular complexity index is 1080. The highest BCUT2D eigenvalue weighted by Crippen LogP contribution is 2.26. The predicted octanol–water partition coefficient (Wildman–Crippen LogP) is 2.29. The normalized spacial score (nSPS) is 14.7. The number of benzene rings is 1. The van der Waals surface area contributed by atoms with Gasteiger partial charge in [0.05, 0.1) is 17.7 Å². The lowest BCUT2D eigenvalue weighted by Crippen LogP contribution is -2.50. The molecule has 3 aromatic rings. The molecule has 11 heteroatoms. The molecule has 0 saturated carbocycles. The summed E-state index contributed by atoms with van der Waals surface area (Å²) in [7, 11) is 0. The van der Waals surface area contributed by atoms with Crippen LogP contribution in [0.3, 0.4) is 0 Å². The molecule has 0 atom stereocenters. The highest BCUT2D eigenvalue weighted by atomic mass is 32.2. The highest BCUT2D eigenvalue weighted by molar-refractivity contribution is 7.99. The zero-order chi connectivity index (χ0) is 21.8. The minimum atomic E-state index is -0.348. The van der Waals surface area contributed by atoms with Crippen LogP contribution in [0.4, 0.5) is 15.9 Å². The number of anilines is 2. The molecule has 0 aliphatic carbocycles. The van der Waals surface area contributed by atoms with Crippen molar-refractivity contribution in [3.05, 3.63) is 41.5 Å². The molecule has 1 aliphatic rings. The van der Waals surface area contributed by atoms with Crippen LogP contribution < -0.4 is 11.1 Å². The first-order valence-corrected chi connectivity index (χ1v) is 11.5. The minimum absolute atomic E-state index is 0.00821. The minimum Gasteiger partial charge on any atom is -0.383 e. The van der Waals surface area contributed by atoms with Gasteiger partial charge in [0, 0.05) is 31.9 Å². The molecule has 162 valence electrons. The van der Waals surface area contributed by atoms with Gasteiger partial charge in [0.25, 0.3) is 0 Å². The second kappa shape index (κ2) is 9.58. The molecule has 1 saturated heterocycles. The van der Waals surface area contributed by atoms with E-state index < -0.39 is 0 Å². The molecule has 3 heterocycles. The second-order valence-corrected chi connectivity index (χ2v) is 8.87. The van der Waals surface area contributed by atoms with E-state index in [1.165, 1.54) is 47.4 Å². The fourth-order valence-corrected chi connectivity index (χ4v) is 4.82. The van der Waals surface area contributed by atoms with Crippen LogP contribution >= 0.6 is 23.1 Å². The first-order valence-electron chi connectivity index (χ1n) is 9.67. The van der Waals surface area contributed by atoms with Gasteiger partial charge in [0.15, 0.2) is 5.16 Å². The van der Waals surface area contributed by atoms with Crippen molar-refractivity contribution in [1.82, 2.24) is 19.8 Å². The Labute approximate surface area is 186 Å². The SMILES string of the molecule is Nc1nc(SCC(=O)N2CCN(CC(=O)Nc3ccc(F)cc3)CC2)nc2sccc12. The van der Waals surface area contributed by atoms with Crippen LogP contribution in [0.25, 0.3) is 10.2 Å². The summed E-state index contributed by atoms with van der Waals surface area (Å²) < 4.78 is 12.9. The maximum atomic E-state index is 12.9. The second-order valence-electron chi connectivity index (χ2n) is 7.03. The third kappa shape index (κ3) is 5.49. The van der Waals surface area contributed by atoms with Crippen molar-refractivity contribution in [2.45, 2.75) is 5.16 Å². The van der Waals surface area contributed by atoms with Crippen molar-refractivity contribution in [2.75, 3.05) is 49.5 Å². The molecule has 3 N–H and O–H groups in total. The third-order valence-corrected chi connectivity index (χ3v) is 6.52. The van der Waals surface area contributed by atoms with Crippen molar-refractivity contribution in [3.63, 3.8) is 0 Å². The molecular formula is C20H21FN6O2S2. The average Bonchev–Trinajstić information content (AvgIpc) is 3.23. The number of nitrogens with one attached hydrogen (secondary N) is 1. The number of hydrogen-bond acceptors (Lipinski definition) is 8. The Morgan fingerprint density at radius 1 is 1.13 bits per heavy atom. The molecule has 0 unspecified atom stereocenters. The molecule has 0 radical (unpaired) electrons. The molecule has 0 spiro atoms. The van der Waals surface area contributed by atoms with E-state index in [0.29, 0.717) is 42.8 Å². The molecule has 31 heavy (non-hydrogen) atoms. The monoisotopic (exact) mass is 460 g/mol. The molecule has 1 fully saturated rings. The van der Waals surface area contributed by atoms with E-state index in [1.54, 1.807) is 4.90 Å². The number of halogens is 1. The van der Waals surface area contributed by atoms with Crippen LogP contribution in [0.2, 0.25) is 0 Å². The van der Waals surface area contributed by atoms with Gasteiger partial charge in [-0.15, -0.1) is 11.3 Å². The number of piperazine rings is 1. The van der Waals surface area contributed by atoms with E-state index in [9.17, 15) is 14.0 Å². The fourth-order valence-electron chi connectivity index (χ4n) is 3.23. The summed E-state index contributed by atoms with van der Waals surface area (Å²) in [5, 5.41) is 5.99. The Kier molecular flexibility index (Phi) is 6.64. The molecular weight excluding hydrogens is 439 g/mol. The molecule has 8 nitrogen and oxygen atoms in total. The van der Waals surface area contributed by atoms with Gasteiger partial charge in [0.1, 0.15) is 16.5 Å². The number of nitrogens with zero attached hydrogens (tertiary/aromatic N) is 4. The molecule has 1 aromatic carbocycles. The topological polar surface area (TPSA) is 104 Å². The summed E-state index contributed by atoms with van der Waals surface area (Å²) in [6.45, 7) is 2.55. The number of thioether (sulfide) groups is 1. The van der Waals surface area contributed by atoms with Crippen LogP contribution in [0, 0.1) is 5.82 Å². The number of hydrogen-bond donors (Lipinski definition) is 2. The number of carbonyl (C=O) groups excluding carboxylic acids is 2. The Balaban J connectivity index is 1.22. The molecule has 1 aliphatic heterocycles. The maximum Gasteiger partial charge on any atom is 0.238 e. The first kappa shape index (κ1) is 21.5. The van der Waals surface area contributed by atoms with Gasteiger partial charge in [-0.2, -0.15) is 0 Å². The standard InChI is InChI=1S/C20H21FN6O2S2/c21-13-1-3-14(4-2-13)23-16(28)11-26-6-8-27(9-7-26)17(29)12-31-20-24-18(22)15-5-10-30-19(15)25-20/h1-5,10H,6-9,11-12H2,(H,23,28)(H2,22,24,25). The van der Waals surface area contributed by atoms with Crippen molar-refractivity contribution >= 4 is 56.6 Å². The van der Waals surface area contributed by atoms with Crippen molar-refractivity contribution < 1.29 is 14.0 Å². The predicted molar refractivity (Wildman–Crippen MR) is 121 cm³/mol. The number of fused-ring (bicyclic) bond motifs is 1. The van der Waals surface area contributed by atoms with Gasteiger partial charge in [-0.25, -0.2) is 14.4 Å². The van der Waals surface area contributed by atoms with Crippen LogP contribution in [-0.2, 0) is 9.59 Å². The Morgan fingerprint density at radius 2 is 1.87 bits per heavy atom. The van der Waals surface area contributed by atoms with Crippen LogP contribution in [-0.4, -0.2) is 70.1 Å². The average molecular weight is 461 g/mol. The maximum absolute atomic E-state index is 12.9. The lowest BCUT2D eigenvalue weighted by Gasteiger charge is -2.34. The number of amides is 2. The van der Waals surface area contributed by atoms with E-state index in [2.05, 4.69) is 15.3 Å². The van der Waals surface area contributed by atoms with E-state index in [0.717, 1.165) is 10.2 Å². The molecule has 2 amide bonds. The summed E-state index contributed by atoms with van der Waals surface area (Å²) >= 11 is 2.77. The van der Waals surface area contributed by atoms with Crippen molar-refractivity contribution in [2.24, 2.45) is 0 Å². The molecule has 0 bridgehead atoms. The molecule has 4 rings (SSSR count). The lowest BCUT2D eigenvalue weighted by molar-refractivity contribution is -0.130. The first-order chi connectivity index (χ1) is 15.0. The van der Waals surface area contributed by atoms with Gasteiger partial charge in [-0.05, 0) is 35.7 Å². The summed E-state index contributed by atoms with van der Waals surface area (Å²) in [5.41, 5.74) is 6.51. The van der Waals surface area contributed by atoms with Crippen LogP contribution in [0.1, 0.15) is 0 Å². The number of carbonyl (C=O) groups is 2. The zero-order valence-electron chi connectivity index (χ0n) is 16.6. The van der Waals surface area contributed by atoms with Crippen molar-refractivity contribution in [1.29, 1.82) is 0 Å². The Hall–Kier alpha value is -2.76. The summed E-state index contributed by atoms with van der Waals surface area (Å²) in [5.74, 6) is 0.156. The van der Waals surface area contributed by atoms with Crippen molar-refractivity contribution in [3.8, 4) is 0 Å².